The Morgan fingerprint density at radius 3 is 3.14 bits per heavy atom. The molecule has 0 spiro atoms. The molecule has 0 bridgehead atoms. The molecule has 2 atom stereocenters. The number of hydrogen-bond acceptors (Lipinski definition) is 4. The van der Waals surface area contributed by atoms with Crippen LogP contribution < -0.4 is 5.32 Å². The predicted octanol–water partition coefficient (Wildman–Crippen LogP) is 0.208. The van der Waals surface area contributed by atoms with Crippen LogP contribution in [0.25, 0.3) is 0 Å². The summed E-state index contributed by atoms with van der Waals surface area (Å²) in [6.45, 7) is 0. The summed E-state index contributed by atoms with van der Waals surface area (Å²) in [6, 6.07) is -0.445. The second kappa shape index (κ2) is 3.62. The molecule has 6 heteroatoms. The minimum absolute atomic E-state index is 0.0450. The van der Waals surface area contributed by atoms with Gasteiger partial charge in [-0.1, -0.05) is 0 Å². The lowest BCUT2D eigenvalue weighted by atomic mass is 10.3. The molecule has 0 aliphatic carbocycles. The molecule has 1 aliphatic rings. The van der Waals surface area contributed by atoms with Crippen molar-refractivity contribution >= 4 is 17.7 Å². The van der Waals surface area contributed by atoms with Gasteiger partial charge in [0.15, 0.2) is 0 Å². The van der Waals surface area contributed by atoms with Crippen LogP contribution in [0.5, 0.6) is 0 Å². The van der Waals surface area contributed by atoms with E-state index in [1.807, 2.05) is 11.6 Å². The number of nitrogens with one attached hydrogen (secondary N) is 1. The highest BCUT2D eigenvalue weighted by Gasteiger charge is 2.31. The molecule has 2 rings (SSSR count). The lowest BCUT2D eigenvalue weighted by molar-refractivity contribution is -0.138. The molecule has 0 radical (unpaired) electrons. The summed E-state index contributed by atoms with van der Waals surface area (Å²) in [5, 5.41) is 11.9. The first-order valence-corrected chi connectivity index (χ1v) is 5.30. The zero-order valence-electron chi connectivity index (χ0n) is 7.67. The Bertz CT molecular complexity index is 352. The first-order valence-electron chi connectivity index (χ1n) is 4.25. The van der Waals surface area contributed by atoms with Gasteiger partial charge in [-0.05, 0) is 0 Å². The number of aryl methyl sites for hydroxylation is 1. The van der Waals surface area contributed by atoms with Crippen LogP contribution in [-0.4, -0.2) is 32.4 Å². The number of aliphatic carboxylic acids is 1. The number of nitrogens with zero attached hydrogens (tertiary/aromatic N) is 2. The van der Waals surface area contributed by atoms with Crippen LogP contribution in [0, 0.1) is 0 Å². The number of imidazole rings is 1. The van der Waals surface area contributed by atoms with Crippen molar-refractivity contribution in [2.24, 2.45) is 7.05 Å². The van der Waals surface area contributed by atoms with Gasteiger partial charge >= 0.3 is 5.97 Å². The van der Waals surface area contributed by atoms with Crippen molar-refractivity contribution < 1.29 is 9.90 Å². The van der Waals surface area contributed by atoms with E-state index in [1.54, 1.807) is 24.3 Å². The van der Waals surface area contributed by atoms with Crippen LogP contribution in [0.3, 0.4) is 0 Å². The van der Waals surface area contributed by atoms with Gasteiger partial charge in [-0.15, -0.1) is 11.8 Å². The van der Waals surface area contributed by atoms with E-state index in [0.29, 0.717) is 5.75 Å². The third-order valence-electron chi connectivity index (χ3n) is 2.20. The van der Waals surface area contributed by atoms with Crippen molar-refractivity contribution in [1.82, 2.24) is 14.9 Å². The van der Waals surface area contributed by atoms with E-state index in [2.05, 4.69) is 10.3 Å². The molecular weight excluding hydrogens is 202 g/mol. The topological polar surface area (TPSA) is 67.2 Å². The van der Waals surface area contributed by atoms with Crippen molar-refractivity contribution in [2.75, 3.05) is 5.75 Å². The lowest BCUT2D eigenvalue weighted by Crippen LogP contribution is -2.34. The molecule has 76 valence electrons. The fraction of sp³-hybridized carbons (Fsp3) is 0.500. The van der Waals surface area contributed by atoms with E-state index in [0.717, 1.165) is 5.69 Å². The summed E-state index contributed by atoms with van der Waals surface area (Å²) in [6.07, 6.45) is 3.47. The second-order valence-electron chi connectivity index (χ2n) is 3.20. The Kier molecular flexibility index (Phi) is 2.47. The maximum Gasteiger partial charge on any atom is 0.321 e. The summed E-state index contributed by atoms with van der Waals surface area (Å²) >= 11 is 1.60. The fourth-order valence-corrected chi connectivity index (χ4v) is 2.69. The first kappa shape index (κ1) is 9.54. The molecule has 14 heavy (non-hydrogen) atoms. The highest BCUT2D eigenvalue weighted by Crippen LogP contribution is 2.32. The molecule has 2 N–H and O–H groups in total. The summed E-state index contributed by atoms with van der Waals surface area (Å²) < 4.78 is 1.90. The molecule has 2 heterocycles. The van der Waals surface area contributed by atoms with Gasteiger partial charge in [-0.2, -0.15) is 0 Å². The standard InChI is InChI=1S/C8H11N3O2S/c1-11-4-9-2-6(11)7-10-5(3-14-7)8(12)13/h2,4-5,7,10H,3H2,1H3,(H,12,13)/t5-,7?/m0/s1. The van der Waals surface area contributed by atoms with Crippen molar-refractivity contribution in [2.45, 2.75) is 11.4 Å². The number of hydrogen-bond donors (Lipinski definition) is 2. The number of thioether (sulfide) groups is 1. The van der Waals surface area contributed by atoms with Crippen molar-refractivity contribution in [3.05, 3.63) is 18.2 Å². The van der Waals surface area contributed by atoms with Gasteiger partial charge in [0.1, 0.15) is 6.04 Å². The number of aromatic nitrogens is 2. The van der Waals surface area contributed by atoms with Crippen LogP contribution in [0.1, 0.15) is 11.1 Å². The van der Waals surface area contributed by atoms with E-state index >= 15 is 0 Å². The van der Waals surface area contributed by atoms with Gasteiger partial charge in [0.25, 0.3) is 0 Å². The van der Waals surface area contributed by atoms with Gasteiger partial charge in [0.2, 0.25) is 0 Å². The molecule has 1 aromatic heterocycles. The molecule has 1 aromatic rings. The predicted molar refractivity (Wildman–Crippen MR) is 53.0 cm³/mol. The van der Waals surface area contributed by atoms with E-state index in [1.165, 1.54) is 0 Å². The smallest absolute Gasteiger partial charge is 0.321 e. The number of rotatable bonds is 2. The normalized spacial score (nSPS) is 26.6. The third-order valence-corrected chi connectivity index (χ3v) is 3.44. The van der Waals surface area contributed by atoms with Crippen LogP contribution in [0.4, 0.5) is 0 Å². The average molecular weight is 213 g/mol. The minimum atomic E-state index is -0.790. The van der Waals surface area contributed by atoms with Crippen LogP contribution in [0.15, 0.2) is 12.5 Å². The minimum Gasteiger partial charge on any atom is -0.480 e. The third kappa shape index (κ3) is 1.62. The molecule has 1 fully saturated rings. The fourth-order valence-electron chi connectivity index (χ4n) is 1.40. The van der Waals surface area contributed by atoms with Gasteiger partial charge in [-0.25, -0.2) is 4.98 Å². The number of carbonyl (C=O) groups is 1. The Morgan fingerprint density at radius 1 is 1.86 bits per heavy atom. The monoisotopic (exact) mass is 213 g/mol. The Morgan fingerprint density at radius 2 is 2.64 bits per heavy atom. The van der Waals surface area contributed by atoms with E-state index < -0.39 is 12.0 Å². The summed E-state index contributed by atoms with van der Waals surface area (Å²) in [5.41, 5.74) is 1.01. The Hall–Kier alpha value is -1.01. The average Bonchev–Trinajstić information content (AvgIpc) is 2.71. The van der Waals surface area contributed by atoms with E-state index in [9.17, 15) is 4.79 Å². The quantitative estimate of drug-likeness (QED) is 0.735. The Balaban J connectivity index is 2.10. The van der Waals surface area contributed by atoms with Crippen molar-refractivity contribution in [3.63, 3.8) is 0 Å². The van der Waals surface area contributed by atoms with Crippen molar-refractivity contribution in [3.8, 4) is 0 Å². The molecule has 1 saturated heterocycles. The highest BCUT2D eigenvalue weighted by atomic mass is 32.2. The zero-order chi connectivity index (χ0) is 10.1. The molecule has 5 nitrogen and oxygen atoms in total. The zero-order valence-corrected chi connectivity index (χ0v) is 8.49. The molecular formula is C8H11N3O2S. The largest absolute Gasteiger partial charge is 0.480 e. The van der Waals surface area contributed by atoms with Gasteiger partial charge < -0.3 is 9.67 Å². The highest BCUT2D eigenvalue weighted by molar-refractivity contribution is 7.99. The first-order chi connectivity index (χ1) is 6.68. The molecule has 0 aromatic carbocycles. The van der Waals surface area contributed by atoms with Crippen molar-refractivity contribution in [1.29, 1.82) is 0 Å². The second-order valence-corrected chi connectivity index (χ2v) is 4.34. The molecule has 1 unspecified atom stereocenters. The van der Waals surface area contributed by atoms with Gasteiger partial charge in [0.05, 0.1) is 23.6 Å². The van der Waals surface area contributed by atoms with Crippen LogP contribution >= 0.6 is 11.8 Å². The van der Waals surface area contributed by atoms with Crippen LogP contribution in [0.2, 0.25) is 0 Å². The number of carboxylic acids is 1. The maximum absolute atomic E-state index is 10.7. The SMILES string of the molecule is Cn1cncc1C1N[C@H](C(=O)O)CS1. The van der Waals surface area contributed by atoms with Gasteiger partial charge in [0, 0.05) is 12.8 Å². The molecule has 0 saturated carbocycles. The Labute approximate surface area is 85.5 Å². The summed E-state index contributed by atoms with van der Waals surface area (Å²) in [5.74, 6) is -0.187. The van der Waals surface area contributed by atoms with E-state index in [4.69, 9.17) is 5.11 Å². The van der Waals surface area contributed by atoms with Gasteiger partial charge in [-0.3, -0.25) is 10.1 Å². The maximum atomic E-state index is 10.7. The number of carboxylic acid groups (broad SMARTS) is 1. The molecule has 1 aliphatic heterocycles. The van der Waals surface area contributed by atoms with E-state index in [-0.39, 0.29) is 5.37 Å². The lowest BCUT2D eigenvalue weighted by Gasteiger charge is -2.10. The molecule has 0 amide bonds. The van der Waals surface area contributed by atoms with Crippen LogP contribution in [-0.2, 0) is 11.8 Å². The summed E-state index contributed by atoms with van der Waals surface area (Å²) in [7, 11) is 1.90. The summed E-state index contributed by atoms with van der Waals surface area (Å²) in [4.78, 5) is 14.7.